The van der Waals surface area contributed by atoms with Crippen molar-refractivity contribution in [3.63, 3.8) is 0 Å². The van der Waals surface area contributed by atoms with Crippen molar-refractivity contribution in [1.82, 2.24) is 0 Å². The summed E-state index contributed by atoms with van der Waals surface area (Å²) in [5.74, 6) is 0.929. The molecule has 1 aliphatic carbocycles. The normalized spacial score (nSPS) is 25.1. The van der Waals surface area contributed by atoms with E-state index in [0.29, 0.717) is 0 Å². The smallest absolute Gasteiger partial charge is 0.143 e. The van der Waals surface area contributed by atoms with Gasteiger partial charge in [0.25, 0.3) is 0 Å². The first kappa shape index (κ1) is 11.0. The third kappa shape index (κ3) is 2.34. The Morgan fingerprint density at radius 2 is 2.27 bits per heavy atom. The predicted molar refractivity (Wildman–Crippen MR) is 65.4 cm³/mol. The van der Waals surface area contributed by atoms with Gasteiger partial charge < -0.3 is 10.2 Å². The molecule has 1 aromatic heterocycles. The highest BCUT2D eigenvalue weighted by atomic mass is 79.9. The highest BCUT2D eigenvalue weighted by molar-refractivity contribution is 9.10. The summed E-state index contributed by atoms with van der Waals surface area (Å²) in [6.07, 6.45) is 5.88. The number of halogens is 1. The lowest BCUT2D eigenvalue weighted by molar-refractivity contribution is 0.315. The Hall–Kier alpha value is -0.540. The lowest BCUT2D eigenvalue weighted by Crippen LogP contribution is -2.30. The summed E-state index contributed by atoms with van der Waals surface area (Å²) < 4.78 is 6.49. The van der Waals surface area contributed by atoms with Gasteiger partial charge in [0.1, 0.15) is 5.76 Å². The standard InChI is InChI=1S/C12H16BrNO/c1-12(2)6-8(5-9(14)7-12)11-10(13)3-4-15-11/h3-5,9H,6-7,14H2,1-2H3. The fourth-order valence-electron chi connectivity index (χ4n) is 2.28. The van der Waals surface area contributed by atoms with Crippen LogP contribution >= 0.6 is 15.9 Å². The van der Waals surface area contributed by atoms with E-state index in [1.165, 1.54) is 5.57 Å². The molecule has 1 atom stereocenters. The second-order valence-corrected chi connectivity index (χ2v) is 5.85. The summed E-state index contributed by atoms with van der Waals surface area (Å²) in [6, 6.07) is 2.06. The summed E-state index contributed by atoms with van der Waals surface area (Å²) in [4.78, 5) is 0. The SMILES string of the molecule is CC1(C)CC(c2occc2Br)=CC(N)C1. The van der Waals surface area contributed by atoms with Gasteiger partial charge in [-0.05, 0) is 45.8 Å². The maximum Gasteiger partial charge on any atom is 0.143 e. The van der Waals surface area contributed by atoms with Crippen LogP contribution in [0.5, 0.6) is 0 Å². The number of rotatable bonds is 1. The zero-order valence-electron chi connectivity index (χ0n) is 9.09. The molecular formula is C12H16BrNO. The molecule has 0 aliphatic heterocycles. The molecule has 0 aromatic carbocycles. The summed E-state index contributed by atoms with van der Waals surface area (Å²) in [5.41, 5.74) is 7.50. The molecule has 0 saturated carbocycles. The molecule has 0 radical (unpaired) electrons. The fraction of sp³-hybridized carbons (Fsp3) is 0.500. The predicted octanol–water partition coefficient (Wildman–Crippen LogP) is 3.57. The van der Waals surface area contributed by atoms with E-state index in [1.54, 1.807) is 6.26 Å². The minimum atomic E-state index is 0.140. The Bertz CT molecular complexity index is 392. The molecule has 3 heteroatoms. The minimum Gasteiger partial charge on any atom is -0.463 e. The Kier molecular flexibility index (Phi) is 2.77. The van der Waals surface area contributed by atoms with Gasteiger partial charge in [-0.1, -0.05) is 19.9 Å². The third-order valence-corrected chi connectivity index (χ3v) is 3.41. The van der Waals surface area contributed by atoms with Gasteiger partial charge in [0.2, 0.25) is 0 Å². The number of hydrogen-bond donors (Lipinski definition) is 1. The number of furan rings is 1. The Labute approximate surface area is 98.7 Å². The van der Waals surface area contributed by atoms with Crippen LogP contribution in [0.15, 0.2) is 27.3 Å². The van der Waals surface area contributed by atoms with Crippen LogP contribution < -0.4 is 5.73 Å². The molecule has 2 N–H and O–H groups in total. The number of allylic oxidation sites excluding steroid dienone is 1. The Morgan fingerprint density at radius 3 is 2.80 bits per heavy atom. The Balaban J connectivity index is 2.34. The summed E-state index contributed by atoms with van der Waals surface area (Å²) in [7, 11) is 0. The minimum absolute atomic E-state index is 0.140. The monoisotopic (exact) mass is 269 g/mol. The largest absolute Gasteiger partial charge is 0.463 e. The van der Waals surface area contributed by atoms with Crippen LogP contribution in [-0.2, 0) is 0 Å². The first-order valence-electron chi connectivity index (χ1n) is 5.18. The lowest BCUT2D eigenvalue weighted by atomic mass is 9.75. The van der Waals surface area contributed by atoms with Gasteiger partial charge in [-0.25, -0.2) is 0 Å². The van der Waals surface area contributed by atoms with Gasteiger partial charge >= 0.3 is 0 Å². The molecular weight excluding hydrogens is 254 g/mol. The third-order valence-electron chi connectivity index (χ3n) is 2.78. The van der Waals surface area contributed by atoms with E-state index in [2.05, 4.69) is 35.9 Å². The van der Waals surface area contributed by atoms with Crippen molar-refractivity contribution in [2.45, 2.75) is 32.7 Å². The number of nitrogens with two attached hydrogens (primary N) is 1. The van der Waals surface area contributed by atoms with Gasteiger partial charge in [0, 0.05) is 6.04 Å². The van der Waals surface area contributed by atoms with Crippen molar-refractivity contribution in [2.24, 2.45) is 11.1 Å². The van der Waals surface area contributed by atoms with E-state index < -0.39 is 0 Å². The molecule has 1 unspecified atom stereocenters. The van der Waals surface area contributed by atoms with E-state index in [1.807, 2.05) is 6.07 Å². The van der Waals surface area contributed by atoms with Crippen LogP contribution in [0.25, 0.3) is 5.57 Å². The van der Waals surface area contributed by atoms with E-state index in [0.717, 1.165) is 23.1 Å². The van der Waals surface area contributed by atoms with Crippen molar-refractivity contribution in [2.75, 3.05) is 0 Å². The fourth-order valence-corrected chi connectivity index (χ4v) is 2.74. The zero-order chi connectivity index (χ0) is 11.1. The van der Waals surface area contributed by atoms with Crippen LogP contribution in [0.4, 0.5) is 0 Å². The van der Waals surface area contributed by atoms with Crippen molar-refractivity contribution in [1.29, 1.82) is 0 Å². The molecule has 0 bridgehead atoms. The average molecular weight is 270 g/mol. The lowest BCUT2D eigenvalue weighted by Gasteiger charge is -2.32. The van der Waals surface area contributed by atoms with Gasteiger partial charge in [-0.3, -0.25) is 0 Å². The number of hydrogen-bond acceptors (Lipinski definition) is 2. The molecule has 1 aliphatic rings. The molecule has 2 nitrogen and oxygen atoms in total. The maximum absolute atomic E-state index is 6.02. The van der Waals surface area contributed by atoms with Crippen molar-refractivity contribution in [3.05, 3.63) is 28.6 Å². The quantitative estimate of drug-likeness (QED) is 0.847. The second kappa shape index (κ2) is 3.80. The van der Waals surface area contributed by atoms with Crippen molar-refractivity contribution >= 4 is 21.5 Å². The molecule has 15 heavy (non-hydrogen) atoms. The molecule has 0 saturated heterocycles. The second-order valence-electron chi connectivity index (χ2n) is 5.00. The van der Waals surface area contributed by atoms with Crippen molar-refractivity contribution in [3.8, 4) is 0 Å². The van der Waals surface area contributed by atoms with E-state index in [9.17, 15) is 0 Å². The van der Waals surface area contributed by atoms with Crippen molar-refractivity contribution < 1.29 is 4.42 Å². The zero-order valence-corrected chi connectivity index (χ0v) is 10.7. The summed E-state index contributed by atoms with van der Waals surface area (Å²) in [6.45, 7) is 4.49. The van der Waals surface area contributed by atoms with E-state index in [-0.39, 0.29) is 11.5 Å². The van der Waals surface area contributed by atoms with Gasteiger partial charge in [-0.15, -0.1) is 0 Å². The molecule has 1 aromatic rings. The van der Waals surface area contributed by atoms with Gasteiger partial charge in [0.05, 0.1) is 10.7 Å². The van der Waals surface area contributed by atoms with Gasteiger partial charge in [0.15, 0.2) is 0 Å². The molecule has 1 heterocycles. The Morgan fingerprint density at radius 1 is 1.53 bits per heavy atom. The first-order valence-corrected chi connectivity index (χ1v) is 5.97. The summed E-state index contributed by atoms with van der Waals surface area (Å²) in [5, 5.41) is 0. The van der Waals surface area contributed by atoms with Crippen LogP contribution in [-0.4, -0.2) is 6.04 Å². The highest BCUT2D eigenvalue weighted by Crippen LogP contribution is 2.41. The van der Waals surface area contributed by atoms with Crippen LogP contribution in [0.1, 0.15) is 32.4 Å². The molecule has 0 spiro atoms. The first-order chi connectivity index (χ1) is 6.98. The molecule has 82 valence electrons. The maximum atomic E-state index is 6.02. The molecule has 0 fully saturated rings. The van der Waals surface area contributed by atoms with Gasteiger partial charge in [-0.2, -0.15) is 0 Å². The topological polar surface area (TPSA) is 39.2 Å². The molecule has 0 amide bonds. The summed E-state index contributed by atoms with van der Waals surface area (Å²) >= 11 is 3.48. The van der Waals surface area contributed by atoms with Crippen LogP contribution in [0.3, 0.4) is 0 Å². The van der Waals surface area contributed by atoms with Crippen LogP contribution in [0, 0.1) is 5.41 Å². The van der Waals surface area contributed by atoms with Crippen LogP contribution in [0.2, 0.25) is 0 Å². The highest BCUT2D eigenvalue weighted by Gasteiger charge is 2.29. The average Bonchev–Trinajstić information content (AvgIpc) is 2.47. The van der Waals surface area contributed by atoms with E-state index >= 15 is 0 Å². The van der Waals surface area contributed by atoms with E-state index in [4.69, 9.17) is 10.2 Å². The molecule has 2 rings (SSSR count).